The molecule has 2 aromatic rings. The molecule has 1 aliphatic heterocycles. The summed E-state index contributed by atoms with van der Waals surface area (Å²) in [5.41, 5.74) is 1.78. The maximum Gasteiger partial charge on any atom is 0.255 e. The highest BCUT2D eigenvalue weighted by Crippen LogP contribution is 2.33. The Bertz CT molecular complexity index is 830. The molecule has 1 saturated carbocycles. The van der Waals surface area contributed by atoms with Crippen molar-refractivity contribution in [1.82, 2.24) is 0 Å². The number of rotatable bonds is 4. The zero-order valence-corrected chi connectivity index (χ0v) is 13.6. The van der Waals surface area contributed by atoms with Crippen LogP contribution < -0.4 is 20.1 Å². The molecule has 0 atom stereocenters. The van der Waals surface area contributed by atoms with E-state index in [-0.39, 0.29) is 24.5 Å². The number of carbonyl (C=O) groups excluding carboxylic acids is 2. The molecule has 6 heteroatoms. The number of anilines is 2. The van der Waals surface area contributed by atoms with E-state index in [0.717, 1.165) is 19.3 Å². The molecule has 0 aromatic heterocycles. The summed E-state index contributed by atoms with van der Waals surface area (Å²) in [5, 5.41) is 5.74. The van der Waals surface area contributed by atoms with Crippen LogP contribution in [0.15, 0.2) is 42.5 Å². The highest BCUT2D eigenvalue weighted by atomic mass is 16.7. The molecule has 128 valence electrons. The molecule has 25 heavy (non-hydrogen) atoms. The lowest BCUT2D eigenvalue weighted by Crippen LogP contribution is -2.28. The highest BCUT2D eigenvalue weighted by Gasteiger charge is 2.25. The first-order valence-corrected chi connectivity index (χ1v) is 8.31. The lowest BCUT2D eigenvalue weighted by molar-refractivity contribution is -0.122. The number of fused-ring (bicyclic) bond motifs is 1. The second kappa shape index (κ2) is 6.47. The predicted molar refractivity (Wildman–Crippen MR) is 92.9 cm³/mol. The van der Waals surface area contributed by atoms with Gasteiger partial charge in [-0.15, -0.1) is 0 Å². The maximum absolute atomic E-state index is 12.4. The average molecular weight is 338 g/mol. The maximum atomic E-state index is 12.4. The van der Waals surface area contributed by atoms with Crippen LogP contribution in [0.1, 0.15) is 29.6 Å². The lowest BCUT2D eigenvalue weighted by atomic mass is 9.85. The van der Waals surface area contributed by atoms with Gasteiger partial charge >= 0.3 is 0 Å². The molecule has 0 unspecified atom stereocenters. The van der Waals surface area contributed by atoms with E-state index < -0.39 is 0 Å². The van der Waals surface area contributed by atoms with Crippen LogP contribution in [0.5, 0.6) is 11.5 Å². The molecule has 0 bridgehead atoms. The lowest BCUT2D eigenvalue weighted by Gasteiger charge is -2.24. The van der Waals surface area contributed by atoms with E-state index in [2.05, 4.69) is 10.6 Å². The van der Waals surface area contributed by atoms with Crippen molar-refractivity contribution in [3.63, 3.8) is 0 Å². The summed E-state index contributed by atoms with van der Waals surface area (Å²) in [6.45, 7) is 0.170. The Balaban J connectivity index is 1.44. The van der Waals surface area contributed by atoms with Gasteiger partial charge in [0.2, 0.25) is 12.7 Å². The third-order valence-corrected chi connectivity index (χ3v) is 4.50. The normalized spacial score (nSPS) is 15.4. The summed E-state index contributed by atoms with van der Waals surface area (Å²) in [6, 6.07) is 12.2. The van der Waals surface area contributed by atoms with Crippen LogP contribution in [0.2, 0.25) is 0 Å². The Kier molecular flexibility index (Phi) is 4.01. The van der Waals surface area contributed by atoms with Crippen LogP contribution in [-0.2, 0) is 4.79 Å². The summed E-state index contributed by atoms with van der Waals surface area (Å²) >= 11 is 0. The van der Waals surface area contributed by atoms with Gasteiger partial charge in [0.15, 0.2) is 11.5 Å². The number of benzene rings is 2. The van der Waals surface area contributed by atoms with Gasteiger partial charge in [0, 0.05) is 22.9 Å². The Hall–Kier alpha value is -3.02. The summed E-state index contributed by atoms with van der Waals surface area (Å²) in [6.07, 6.45) is 3.02. The fourth-order valence-corrected chi connectivity index (χ4v) is 2.83. The molecule has 2 aliphatic rings. The van der Waals surface area contributed by atoms with Crippen molar-refractivity contribution in [2.45, 2.75) is 19.3 Å². The molecular weight excluding hydrogens is 320 g/mol. The monoisotopic (exact) mass is 338 g/mol. The minimum atomic E-state index is -0.249. The van der Waals surface area contributed by atoms with Gasteiger partial charge in [0.1, 0.15) is 0 Å². The molecule has 2 aromatic carbocycles. The molecule has 2 N–H and O–H groups in total. The van der Waals surface area contributed by atoms with Gasteiger partial charge < -0.3 is 20.1 Å². The number of hydrogen-bond donors (Lipinski definition) is 2. The van der Waals surface area contributed by atoms with Gasteiger partial charge in [-0.2, -0.15) is 0 Å². The molecule has 2 amide bonds. The SMILES string of the molecule is O=C(Nc1cccc(NC(=O)C2CCC2)c1)c1ccc2c(c1)OCO2. The molecule has 1 heterocycles. The minimum Gasteiger partial charge on any atom is -0.454 e. The summed E-state index contributed by atoms with van der Waals surface area (Å²) in [7, 11) is 0. The third kappa shape index (κ3) is 3.28. The molecule has 6 nitrogen and oxygen atoms in total. The van der Waals surface area contributed by atoms with Gasteiger partial charge in [0.25, 0.3) is 5.91 Å². The topological polar surface area (TPSA) is 76.7 Å². The van der Waals surface area contributed by atoms with Crippen molar-refractivity contribution in [1.29, 1.82) is 0 Å². The van der Waals surface area contributed by atoms with Crippen molar-refractivity contribution >= 4 is 23.2 Å². The molecule has 1 aliphatic carbocycles. The van der Waals surface area contributed by atoms with E-state index in [9.17, 15) is 9.59 Å². The van der Waals surface area contributed by atoms with Gasteiger partial charge in [-0.1, -0.05) is 12.5 Å². The van der Waals surface area contributed by atoms with Crippen molar-refractivity contribution in [2.24, 2.45) is 5.92 Å². The van der Waals surface area contributed by atoms with Crippen LogP contribution in [0.4, 0.5) is 11.4 Å². The average Bonchev–Trinajstić information content (AvgIpc) is 3.00. The summed E-state index contributed by atoms with van der Waals surface area (Å²) in [5.74, 6) is 1.12. The van der Waals surface area contributed by atoms with E-state index in [1.54, 1.807) is 36.4 Å². The Morgan fingerprint density at radius 1 is 0.920 bits per heavy atom. The Labute approximate surface area is 145 Å². The molecule has 0 radical (unpaired) electrons. The van der Waals surface area contributed by atoms with Crippen LogP contribution >= 0.6 is 0 Å². The van der Waals surface area contributed by atoms with Gasteiger partial charge in [-0.3, -0.25) is 9.59 Å². The predicted octanol–water partition coefficient (Wildman–Crippen LogP) is 3.41. The highest BCUT2D eigenvalue weighted by molar-refractivity contribution is 6.05. The van der Waals surface area contributed by atoms with E-state index in [1.165, 1.54) is 0 Å². The molecule has 4 rings (SSSR count). The van der Waals surface area contributed by atoms with Crippen molar-refractivity contribution < 1.29 is 19.1 Å². The molecule has 0 spiro atoms. The van der Waals surface area contributed by atoms with Gasteiger partial charge in [-0.05, 0) is 49.2 Å². The van der Waals surface area contributed by atoms with Crippen molar-refractivity contribution in [2.75, 3.05) is 17.4 Å². The van der Waals surface area contributed by atoms with E-state index in [1.807, 2.05) is 6.07 Å². The largest absolute Gasteiger partial charge is 0.454 e. The number of ether oxygens (including phenoxy) is 2. The zero-order valence-electron chi connectivity index (χ0n) is 13.6. The quantitative estimate of drug-likeness (QED) is 0.896. The van der Waals surface area contributed by atoms with Crippen molar-refractivity contribution in [3.8, 4) is 11.5 Å². The first kappa shape index (κ1) is 15.5. The molecule has 0 saturated heterocycles. The molecule has 1 fully saturated rings. The summed E-state index contributed by atoms with van der Waals surface area (Å²) in [4.78, 5) is 24.5. The van der Waals surface area contributed by atoms with Gasteiger partial charge in [0.05, 0.1) is 0 Å². The number of nitrogens with one attached hydrogen (secondary N) is 2. The van der Waals surface area contributed by atoms with Crippen LogP contribution in [0.25, 0.3) is 0 Å². The van der Waals surface area contributed by atoms with Crippen LogP contribution in [0, 0.1) is 5.92 Å². The number of hydrogen-bond acceptors (Lipinski definition) is 4. The fraction of sp³-hybridized carbons (Fsp3) is 0.263. The standard InChI is InChI=1S/C19H18N2O4/c22-18(12-3-1-4-12)20-14-5-2-6-15(10-14)21-19(23)13-7-8-16-17(9-13)25-11-24-16/h2,5-10,12H,1,3-4,11H2,(H,20,22)(H,21,23). The number of carbonyl (C=O) groups is 2. The fourth-order valence-electron chi connectivity index (χ4n) is 2.83. The van der Waals surface area contributed by atoms with Crippen LogP contribution in [-0.4, -0.2) is 18.6 Å². The Morgan fingerprint density at radius 3 is 2.44 bits per heavy atom. The second-order valence-electron chi connectivity index (χ2n) is 6.22. The van der Waals surface area contributed by atoms with Gasteiger partial charge in [-0.25, -0.2) is 0 Å². The van der Waals surface area contributed by atoms with E-state index >= 15 is 0 Å². The number of amides is 2. The van der Waals surface area contributed by atoms with Crippen LogP contribution in [0.3, 0.4) is 0 Å². The first-order valence-electron chi connectivity index (χ1n) is 8.31. The van der Waals surface area contributed by atoms with Crippen molar-refractivity contribution in [3.05, 3.63) is 48.0 Å². The second-order valence-corrected chi connectivity index (χ2v) is 6.22. The smallest absolute Gasteiger partial charge is 0.255 e. The molecular formula is C19H18N2O4. The van der Waals surface area contributed by atoms with E-state index in [4.69, 9.17) is 9.47 Å². The first-order chi connectivity index (χ1) is 12.2. The zero-order chi connectivity index (χ0) is 17.2. The third-order valence-electron chi connectivity index (χ3n) is 4.50. The van der Waals surface area contributed by atoms with E-state index in [0.29, 0.717) is 28.4 Å². The Morgan fingerprint density at radius 2 is 1.68 bits per heavy atom. The summed E-state index contributed by atoms with van der Waals surface area (Å²) < 4.78 is 10.5. The minimum absolute atomic E-state index is 0.0468.